The van der Waals surface area contributed by atoms with Crippen LogP contribution in [0.25, 0.3) is 0 Å². The minimum Gasteiger partial charge on any atom is -0.397 e. The van der Waals surface area contributed by atoms with Gasteiger partial charge in [0.15, 0.2) is 0 Å². The zero-order valence-corrected chi connectivity index (χ0v) is 11.8. The van der Waals surface area contributed by atoms with Gasteiger partial charge in [0, 0.05) is 21.4 Å². The molecule has 0 aliphatic carbocycles. The highest BCUT2D eigenvalue weighted by Gasteiger charge is 2.19. The van der Waals surface area contributed by atoms with Gasteiger partial charge in [-0.15, -0.1) is 0 Å². The molecule has 20 heavy (non-hydrogen) atoms. The lowest BCUT2D eigenvalue weighted by Crippen LogP contribution is -2.03. The Bertz CT molecular complexity index is 696. The smallest absolute Gasteiger partial charge is 0.228 e. The van der Waals surface area contributed by atoms with Crippen LogP contribution in [0.4, 0.5) is 22.7 Å². The molecule has 1 heterocycles. The van der Waals surface area contributed by atoms with Gasteiger partial charge in [-0.1, -0.05) is 23.2 Å². The number of carbonyl (C=O) groups is 1. The molecule has 0 saturated carbocycles. The molecule has 3 rings (SSSR count). The van der Waals surface area contributed by atoms with Crippen molar-refractivity contribution in [2.75, 3.05) is 16.4 Å². The highest BCUT2D eigenvalue weighted by molar-refractivity contribution is 6.35. The maximum absolute atomic E-state index is 11.4. The number of hydrogen-bond donors (Lipinski definition) is 3. The van der Waals surface area contributed by atoms with Crippen molar-refractivity contribution < 1.29 is 4.79 Å². The van der Waals surface area contributed by atoms with Crippen LogP contribution >= 0.6 is 23.2 Å². The maximum atomic E-state index is 11.4. The lowest BCUT2D eigenvalue weighted by molar-refractivity contribution is -0.115. The number of hydrogen-bond acceptors (Lipinski definition) is 3. The lowest BCUT2D eigenvalue weighted by Gasteiger charge is -2.12. The number of nitrogens with two attached hydrogens (primary N) is 1. The average molecular weight is 308 g/mol. The molecule has 0 aromatic heterocycles. The molecule has 0 bridgehead atoms. The van der Waals surface area contributed by atoms with Crippen molar-refractivity contribution in [1.82, 2.24) is 0 Å². The van der Waals surface area contributed by atoms with Gasteiger partial charge >= 0.3 is 0 Å². The summed E-state index contributed by atoms with van der Waals surface area (Å²) in [5.41, 5.74) is 9.68. The highest BCUT2D eigenvalue weighted by Crippen LogP contribution is 2.34. The van der Waals surface area contributed by atoms with E-state index in [1.807, 2.05) is 6.07 Å². The minimum atomic E-state index is -0.0256. The van der Waals surface area contributed by atoms with Crippen molar-refractivity contribution in [3.05, 3.63) is 45.9 Å². The molecule has 4 N–H and O–H groups in total. The van der Waals surface area contributed by atoms with E-state index in [-0.39, 0.29) is 5.91 Å². The highest BCUT2D eigenvalue weighted by atomic mass is 35.5. The fourth-order valence-electron chi connectivity index (χ4n) is 2.18. The van der Waals surface area contributed by atoms with Crippen molar-refractivity contribution in [2.24, 2.45) is 0 Å². The first-order valence-corrected chi connectivity index (χ1v) is 6.72. The van der Waals surface area contributed by atoms with Crippen LogP contribution in [-0.2, 0) is 11.2 Å². The molecule has 2 aromatic rings. The molecular formula is C14H11Cl2N3O. The topological polar surface area (TPSA) is 67.2 Å². The van der Waals surface area contributed by atoms with E-state index in [4.69, 9.17) is 28.9 Å². The molecular weight excluding hydrogens is 297 g/mol. The van der Waals surface area contributed by atoms with Crippen LogP contribution in [0.1, 0.15) is 5.56 Å². The Morgan fingerprint density at radius 2 is 1.80 bits per heavy atom. The van der Waals surface area contributed by atoms with Gasteiger partial charge in [0.25, 0.3) is 0 Å². The van der Waals surface area contributed by atoms with Gasteiger partial charge in [0.2, 0.25) is 5.91 Å². The number of carbonyl (C=O) groups excluding carboxylic acids is 1. The molecule has 0 fully saturated rings. The summed E-state index contributed by atoms with van der Waals surface area (Å²) in [5.74, 6) is -0.0256. The number of nitrogen functional groups attached to an aromatic ring is 1. The second-order valence-electron chi connectivity index (χ2n) is 4.60. The first-order chi connectivity index (χ1) is 9.51. The van der Waals surface area contributed by atoms with Gasteiger partial charge < -0.3 is 16.4 Å². The van der Waals surface area contributed by atoms with Crippen LogP contribution in [0.2, 0.25) is 10.0 Å². The number of anilines is 4. The first-order valence-electron chi connectivity index (χ1n) is 5.96. The standard InChI is InChI=1S/C14H11Cl2N3O/c15-8-3-9(16)5-10(4-8)18-13-6-12-7(1-11(13)17)2-14(20)19-12/h1,3-6,18H,2,17H2,(H,19,20). The zero-order valence-electron chi connectivity index (χ0n) is 10.3. The predicted molar refractivity (Wildman–Crippen MR) is 82.9 cm³/mol. The van der Waals surface area contributed by atoms with Crippen molar-refractivity contribution in [3.8, 4) is 0 Å². The van der Waals surface area contributed by atoms with Gasteiger partial charge in [-0.25, -0.2) is 0 Å². The molecule has 102 valence electrons. The monoisotopic (exact) mass is 307 g/mol. The van der Waals surface area contributed by atoms with Crippen LogP contribution in [0, 0.1) is 0 Å². The molecule has 0 atom stereocenters. The molecule has 0 saturated heterocycles. The largest absolute Gasteiger partial charge is 0.397 e. The Kier molecular flexibility index (Phi) is 3.20. The van der Waals surface area contributed by atoms with Crippen molar-refractivity contribution in [3.63, 3.8) is 0 Å². The number of benzene rings is 2. The number of nitrogens with one attached hydrogen (secondary N) is 2. The zero-order chi connectivity index (χ0) is 14.3. The number of rotatable bonds is 2. The molecule has 0 radical (unpaired) electrons. The number of halogens is 2. The summed E-state index contributed by atoms with van der Waals surface area (Å²) in [4.78, 5) is 11.4. The van der Waals surface area contributed by atoms with E-state index in [0.29, 0.717) is 27.8 Å². The van der Waals surface area contributed by atoms with E-state index >= 15 is 0 Å². The van der Waals surface area contributed by atoms with Crippen LogP contribution in [0.15, 0.2) is 30.3 Å². The lowest BCUT2D eigenvalue weighted by atomic mass is 10.1. The summed E-state index contributed by atoms with van der Waals surface area (Å²) < 4.78 is 0. The molecule has 1 aliphatic rings. The molecule has 1 aliphatic heterocycles. The summed E-state index contributed by atoms with van der Waals surface area (Å²) >= 11 is 11.9. The van der Waals surface area contributed by atoms with Crippen LogP contribution in [0.5, 0.6) is 0 Å². The second kappa shape index (κ2) is 4.89. The van der Waals surface area contributed by atoms with Crippen LogP contribution in [0.3, 0.4) is 0 Å². The number of amides is 1. The third kappa shape index (κ3) is 2.53. The Morgan fingerprint density at radius 3 is 2.50 bits per heavy atom. The van der Waals surface area contributed by atoms with Gasteiger partial charge in [0.1, 0.15) is 0 Å². The quantitative estimate of drug-likeness (QED) is 0.739. The second-order valence-corrected chi connectivity index (χ2v) is 5.48. The molecule has 2 aromatic carbocycles. The summed E-state index contributed by atoms with van der Waals surface area (Å²) in [6.45, 7) is 0. The van der Waals surface area contributed by atoms with E-state index in [9.17, 15) is 4.79 Å². The van der Waals surface area contributed by atoms with Gasteiger partial charge in [0.05, 0.1) is 17.8 Å². The van der Waals surface area contributed by atoms with Gasteiger partial charge in [-0.2, -0.15) is 0 Å². The Hall–Kier alpha value is -1.91. The van der Waals surface area contributed by atoms with E-state index in [0.717, 1.165) is 16.9 Å². The molecule has 1 amide bonds. The van der Waals surface area contributed by atoms with E-state index in [1.165, 1.54) is 0 Å². The molecule has 0 unspecified atom stereocenters. The van der Waals surface area contributed by atoms with Crippen molar-refractivity contribution in [2.45, 2.75) is 6.42 Å². The van der Waals surface area contributed by atoms with Gasteiger partial charge in [-0.05, 0) is 35.9 Å². The van der Waals surface area contributed by atoms with Crippen molar-refractivity contribution in [1.29, 1.82) is 0 Å². The third-order valence-corrected chi connectivity index (χ3v) is 3.48. The Balaban J connectivity index is 1.95. The van der Waals surface area contributed by atoms with E-state index in [1.54, 1.807) is 24.3 Å². The van der Waals surface area contributed by atoms with Gasteiger partial charge in [-0.3, -0.25) is 4.79 Å². The average Bonchev–Trinajstić information content (AvgIpc) is 2.67. The van der Waals surface area contributed by atoms with Crippen LogP contribution < -0.4 is 16.4 Å². The fourth-order valence-corrected chi connectivity index (χ4v) is 2.71. The van der Waals surface area contributed by atoms with Crippen LogP contribution in [-0.4, -0.2) is 5.91 Å². The Labute approximate surface area is 125 Å². The molecule has 4 nitrogen and oxygen atoms in total. The summed E-state index contributed by atoms with van der Waals surface area (Å²) in [6, 6.07) is 8.75. The number of fused-ring (bicyclic) bond motifs is 1. The third-order valence-electron chi connectivity index (χ3n) is 3.04. The predicted octanol–water partition coefficient (Wildman–Crippen LogP) is 3.81. The Morgan fingerprint density at radius 1 is 1.10 bits per heavy atom. The van der Waals surface area contributed by atoms with E-state index < -0.39 is 0 Å². The summed E-state index contributed by atoms with van der Waals surface area (Å²) in [7, 11) is 0. The van der Waals surface area contributed by atoms with E-state index in [2.05, 4.69) is 10.6 Å². The van der Waals surface area contributed by atoms with Crippen molar-refractivity contribution >= 4 is 51.9 Å². The summed E-state index contributed by atoms with van der Waals surface area (Å²) in [5, 5.41) is 7.01. The normalized spacial score (nSPS) is 13.0. The summed E-state index contributed by atoms with van der Waals surface area (Å²) in [6.07, 6.45) is 0.364. The first kappa shape index (κ1) is 13.1. The molecule has 0 spiro atoms. The fraction of sp³-hybridized carbons (Fsp3) is 0.0714. The SMILES string of the molecule is Nc1cc2c(cc1Nc1cc(Cl)cc(Cl)c1)NC(=O)C2. The maximum Gasteiger partial charge on any atom is 0.228 e. The molecule has 6 heteroatoms. The minimum absolute atomic E-state index is 0.0256.